The van der Waals surface area contributed by atoms with E-state index >= 15 is 0 Å². The van der Waals surface area contributed by atoms with Crippen LogP contribution >= 0.6 is 0 Å². The molecule has 0 aliphatic carbocycles. The van der Waals surface area contributed by atoms with E-state index in [1.807, 2.05) is 13.8 Å². The van der Waals surface area contributed by atoms with Crippen LogP contribution in [0.4, 0.5) is 0 Å². The normalized spacial score (nSPS) is 22.8. The van der Waals surface area contributed by atoms with E-state index in [0.29, 0.717) is 19.6 Å². The Kier molecular flexibility index (Phi) is 6.19. The Hall–Kier alpha value is -0.0231. The Morgan fingerprint density at radius 2 is 1.67 bits per heavy atom. The third-order valence-electron chi connectivity index (χ3n) is 3.02. The van der Waals surface area contributed by atoms with E-state index < -0.39 is 14.2 Å². The van der Waals surface area contributed by atoms with Crippen LogP contribution in [0, 0.1) is 0 Å². The second kappa shape index (κ2) is 6.95. The Morgan fingerprint density at radius 1 is 1.11 bits per heavy atom. The van der Waals surface area contributed by atoms with Gasteiger partial charge >= 0.3 is 8.80 Å². The van der Waals surface area contributed by atoms with Crippen LogP contribution < -0.4 is 0 Å². The third-order valence-corrected chi connectivity index (χ3v) is 6.21. The molecular formula is C11H24O6Si. The predicted octanol–water partition coefficient (Wildman–Crippen LogP) is 0.962. The van der Waals surface area contributed by atoms with E-state index in [1.54, 1.807) is 21.3 Å². The molecule has 1 aliphatic rings. The van der Waals surface area contributed by atoms with Crippen LogP contribution in [0.3, 0.4) is 0 Å². The molecule has 0 spiro atoms. The fraction of sp³-hybridized carbons (Fsp3) is 1.00. The van der Waals surface area contributed by atoms with Crippen LogP contribution in [0.1, 0.15) is 20.3 Å². The van der Waals surface area contributed by atoms with Crippen molar-refractivity contribution >= 4 is 8.80 Å². The van der Waals surface area contributed by atoms with Gasteiger partial charge in [-0.2, -0.15) is 0 Å². The molecule has 0 aromatic rings. The molecule has 6 nitrogen and oxygen atoms in total. The number of hydrogen-bond acceptors (Lipinski definition) is 6. The molecule has 0 amide bonds. The highest BCUT2D eigenvalue weighted by Gasteiger charge is 2.62. The second-order valence-electron chi connectivity index (χ2n) is 3.97. The van der Waals surface area contributed by atoms with E-state index in [9.17, 15) is 0 Å². The summed E-state index contributed by atoms with van der Waals surface area (Å²) in [6.45, 7) is 5.54. The first-order valence-corrected chi connectivity index (χ1v) is 7.91. The van der Waals surface area contributed by atoms with Crippen molar-refractivity contribution in [2.75, 3.05) is 41.2 Å². The van der Waals surface area contributed by atoms with Gasteiger partial charge in [-0.3, -0.25) is 0 Å². The Bertz CT molecular complexity index is 235. The fourth-order valence-corrected chi connectivity index (χ4v) is 4.43. The lowest BCUT2D eigenvalue weighted by atomic mass is 10.4. The highest BCUT2D eigenvalue weighted by molar-refractivity contribution is 6.63. The van der Waals surface area contributed by atoms with Crippen molar-refractivity contribution in [1.82, 2.24) is 0 Å². The average Bonchev–Trinajstić information content (AvgIpc) is 3.22. The van der Waals surface area contributed by atoms with Crippen molar-refractivity contribution in [2.45, 2.75) is 31.8 Å². The lowest BCUT2D eigenvalue weighted by Crippen LogP contribution is -2.66. The zero-order chi connectivity index (χ0) is 13.6. The monoisotopic (exact) mass is 280 g/mol. The lowest BCUT2D eigenvalue weighted by molar-refractivity contribution is -0.221. The first-order chi connectivity index (χ1) is 8.63. The van der Waals surface area contributed by atoms with Crippen LogP contribution in [0.15, 0.2) is 0 Å². The van der Waals surface area contributed by atoms with Gasteiger partial charge in [0.2, 0.25) is 5.41 Å². The summed E-state index contributed by atoms with van der Waals surface area (Å²) < 4.78 is 33.4. The van der Waals surface area contributed by atoms with E-state index in [4.69, 9.17) is 27.5 Å². The molecule has 0 N–H and O–H groups in total. The maximum absolute atomic E-state index is 5.92. The van der Waals surface area contributed by atoms with Gasteiger partial charge in [-0.25, -0.2) is 0 Å². The van der Waals surface area contributed by atoms with Crippen LogP contribution in [0.5, 0.6) is 0 Å². The van der Waals surface area contributed by atoms with E-state index in [0.717, 1.165) is 6.61 Å². The van der Waals surface area contributed by atoms with Gasteiger partial charge in [0.15, 0.2) is 0 Å². The third kappa shape index (κ3) is 3.10. The molecule has 1 saturated heterocycles. The summed E-state index contributed by atoms with van der Waals surface area (Å²) in [5.41, 5.74) is -0.980. The standard InChI is InChI=1S/C11H24O6Si/c1-6-11(16-7-2,17-9-10-8-15-10)18(12-3,13-4)14-5/h10H,6-9H2,1-5H3. The molecule has 0 saturated carbocycles. The maximum Gasteiger partial charge on any atom is 0.562 e. The van der Waals surface area contributed by atoms with Crippen molar-refractivity contribution < 1.29 is 27.5 Å². The molecule has 1 aliphatic heterocycles. The molecule has 108 valence electrons. The first-order valence-electron chi connectivity index (χ1n) is 6.18. The molecule has 0 bridgehead atoms. The molecule has 1 heterocycles. The SMILES string of the molecule is CCOC(CC)(OCC1CO1)[Si](OC)(OC)OC. The van der Waals surface area contributed by atoms with Crippen LogP contribution in [0.2, 0.25) is 0 Å². The summed E-state index contributed by atoms with van der Waals surface area (Å²) in [5.74, 6) is 0. The van der Waals surface area contributed by atoms with E-state index in [2.05, 4.69) is 0 Å². The smallest absolute Gasteiger partial charge is 0.374 e. The van der Waals surface area contributed by atoms with Crippen molar-refractivity contribution in [3.05, 3.63) is 0 Å². The van der Waals surface area contributed by atoms with Crippen molar-refractivity contribution in [3.8, 4) is 0 Å². The van der Waals surface area contributed by atoms with Gasteiger partial charge in [0.25, 0.3) is 0 Å². The topological polar surface area (TPSA) is 58.7 Å². The molecule has 2 atom stereocenters. The number of epoxide rings is 1. The van der Waals surface area contributed by atoms with E-state index in [-0.39, 0.29) is 6.10 Å². The van der Waals surface area contributed by atoms with Gasteiger partial charge < -0.3 is 27.5 Å². The lowest BCUT2D eigenvalue weighted by Gasteiger charge is -2.41. The van der Waals surface area contributed by atoms with Gasteiger partial charge in [0, 0.05) is 34.4 Å². The van der Waals surface area contributed by atoms with Gasteiger partial charge in [0.1, 0.15) is 6.10 Å². The molecule has 18 heavy (non-hydrogen) atoms. The molecule has 7 heteroatoms. The van der Waals surface area contributed by atoms with Crippen LogP contribution in [-0.4, -0.2) is 61.5 Å². The minimum Gasteiger partial charge on any atom is -0.374 e. The molecule has 0 radical (unpaired) electrons. The van der Waals surface area contributed by atoms with Gasteiger partial charge in [0.05, 0.1) is 13.2 Å². The quantitative estimate of drug-likeness (QED) is 0.337. The minimum absolute atomic E-state index is 0.147. The van der Waals surface area contributed by atoms with Crippen molar-refractivity contribution in [2.24, 2.45) is 0 Å². The largest absolute Gasteiger partial charge is 0.562 e. The molecule has 1 fully saturated rings. The first kappa shape index (κ1) is 16.0. The molecule has 0 aromatic heterocycles. The molecule has 0 aromatic carbocycles. The summed E-state index contributed by atoms with van der Waals surface area (Å²) in [6, 6.07) is 0. The van der Waals surface area contributed by atoms with Crippen molar-refractivity contribution in [3.63, 3.8) is 0 Å². The molecular weight excluding hydrogens is 256 g/mol. The van der Waals surface area contributed by atoms with Crippen molar-refractivity contribution in [1.29, 1.82) is 0 Å². The Balaban J connectivity index is 2.88. The summed E-state index contributed by atoms with van der Waals surface area (Å²) in [5, 5.41) is 0. The Labute approximate surface area is 110 Å². The summed E-state index contributed by atoms with van der Waals surface area (Å²) in [7, 11) is 1.61. The molecule has 2 unspecified atom stereocenters. The van der Waals surface area contributed by atoms with Gasteiger partial charge in [-0.15, -0.1) is 0 Å². The van der Waals surface area contributed by atoms with Crippen LogP contribution in [-0.2, 0) is 27.5 Å². The maximum atomic E-state index is 5.92. The fourth-order valence-electron chi connectivity index (χ4n) is 1.98. The summed E-state index contributed by atoms with van der Waals surface area (Å²) >= 11 is 0. The van der Waals surface area contributed by atoms with Gasteiger partial charge in [-0.05, 0) is 6.92 Å². The highest BCUT2D eigenvalue weighted by atomic mass is 28.4. The van der Waals surface area contributed by atoms with Gasteiger partial charge in [-0.1, -0.05) is 6.92 Å². The summed E-state index contributed by atoms with van der Waals surface area (Å²) in [6.07, 6.45) is 0.726. The minimum atomic E-state index is -3.06. The number of ether oxygens (including phenoxy) is 3. The highest BCUT2D eigenvalue weighted by Crippen LogP contribution is 2.32. The summed E-state index contributed by atoms with van der Waals surface area (Å²) in [4.78, 5) is 0. The average molecular weight is 280 g/mol. The van der Waals surface area contributed by atoms with Crippen LogP contribution in [0.25, 0.3) is 0 Å². The number of rotatable bonds is 10. The number of hydrogen-bond donors (Lipinski definition) is 0. The zero-order valence-electron chi connectivity index (χ0n) is 11.9. The predicted molar refractivity (Wildman–Crippen MR) is 67.1 cm³/mol. The second-order valence-corrected chi connectivity index (χ2v) is 7.07. The molecule has 1 rings (SSSR count). The van der Waals surface area contributed by atoms with E-state index in [1.165, 1.54) is 0 Å². The Morgan fingerprint density at radius 3 is 2.00 bits per heavy atom. The zero-order valence-corrected chi connectivity index (χ0v) is 12.9.